The molecule has 2 fully saturated rings. The number of hydrogen-bond acceptors (Lipinski definition) is 6. The van der Waals surface area contributed by atoms with E-state index in [1.807, 2.05) is 11.8 Å². The molecule has 1 aromatic rings. The van der Waals surface area contributed by atoms with Gasteiger partial charge in [0, 0.05) is 38.3 Å². The Hall–Kier alpha value is -2.09. The van der Waals surface area contributed by atoms with Gasteiger partial charge in [-0.25, -0.2) is 0 Å². The van der Waals surface area contributed by atoms with Crippen LogP contribution in [0.3, 0.4) is 0 Å². The first-order chi connectivity index (χ1) is 11.5. The molecule has 3 rings (SSSR count). The quantitative estimate of drug-likeness (QED) is 0.711. The van der Waals surface area contributed by atoms with E-state index in [0.717, 1.165) is 39.0 Å². The Morgan fingerprint density at radius 2 is 2.00 bits per heavy atom. The average molecular weight is 334 g/mol. The van der Waals surface area contributed by atoms with Crippen molar-refractivity contribution in [1.29, 1.82) is 0 Å². The van der Waals surface area contributed by atoms with Crippen LogP contribution < -0.4 is 21.5 Å². The number of amides is 1. The Morgan fingerprint density at radius 3 is 2.62 bits per heavy atom. The molecular formula is C16H26N6O2. The number of piperazine rings is 1. The number of rotatable bonds is 4. The molecule has 4 N–H and O–H groups in total. The predicted molar refractivity (Wildman–Crippen MR) is 92.9 cm³/mol. The van der Waals surface area contributed by atoms with Gasteiger partial charge < -0.3 is 16.0 Å². The van der Waals surface area contributed by atoms with Crippen LogP contribution in [0.15, 0.2) is 10.9 Å². The van der Waals surface area contributed by atoms with Crippen molar-refractivity contribution in [3.05, 3.63) is 16.4 Å². The SMILES string of the molecule is C[C@@H](C(=O)NC1CCCC1)N1CCN(c2cc(=O)[nH]c(N)n2)CC1. The van der Waals surface area contributed by atoms with Crippen LogP contribution in [-0.2, 0) is 4.79 Å². The molecular weight excluding hydrogens is 308 g/mol. The summed E-state index contributed by atoms with van der Waals surface area (Å²) in [5, 5.41) is 3.17. The van der Waals surface area contributed by atoms with Crippen molar-refractivity contribution in [2.75, 3.05) is 36.8 Å². The van der Waals surface area contributed by atoms with Crippen molar-refractivity contribution in [2.45, 2.75) is 44.7 Å². The number of hydrogen-bond donors (Lipinski definition) is 3. The Morgan fingerprint density at radius 1 is 1.33 bits per heavy atom. The van der Waals surface area contributed by atoms with Gasteiger partial charge in [0.05, 0.1) is 6.04 Å². The Bertz CT molecular complexity index is 632. The fourth-order valence-corrected chi connectivity index (χ4v) is 3.52. The van der Waals surface area contributed by atoms with Crippen LogP contribution in [0.1, 0.15) is 32.6 Å². The van der Waals surface area contributed by atoms with Gasteiger partial charge in [-0.15, -0.1) is 0 Å². The molecule has 0 unspecified atom stereocenters. The molecule has 0 spiro atoms. The second kappa shape index (κ2) is 7.21. The zero-order valence-electron chi connectivity index (χ0n) is 14.1. The van der Waals surface area contributed by atoms with E-state index < -0.39 is 0 Å². The smallest absolute Gasteiger partial charge is 0.254 e. The summed E-state index contributed by atoms with van der Waals surface area (Å²) in [6, 6.07) is 1.68. The standard InChI is InChI=1S/C16H26N6O2/c1-11(15(24)18-12-4-2-3-5-12)21-6-8-22(9-7-21)13-10-14(23)20-16(17)19-13/h10-12H,2-9H2,1H3,(H,18,24)(H3,17,19,20,23)/t11-/m0/s1. The molecule has 1 atom stereocenters. The van der Waals surface area contributed by atoms with Crippen LogP contribution in [0.2, 0.25) is 0 Å². The van der Waals surface area contributed by atoms with Gasteiger partial charge >= 0.3 is 0 Å². The van der Waals surface area contributed by atoms with E-state index in [4.69, 9.17) is 5.73 Å². The lowest BCUT2D eigenvalue weighted by Crippen LogP contribution is -2.55. The van der Waals surface area contributed by atoms with Crippen molar-refractivity contribution < 1.29 is 4.79 Å². The lowest BCUT2D eigenvalue weighted by molar-refractivity contribution is -0.126. The summed E-state index contributed by atoms with van der Waals surface area (Å²) in [4.78, 5) is 34.8. The number of aromatic amines is 1. The summed E-state index contributed by atoms with van der Waals surface area (Å²) >= 11 is 0. The number of nitrogens with two attached hydrogens (primary N) is 1. The minimum Gasteiger partial charge on any atom is -0.369 e. The van der Waals surface area contributed by atoms with Crippen molar-refractivity contribution in [1.82, 2.24) is 20.2 Å². The summed E-state index contributed by atoms with van der Waals surface area (Å²) in [5.74, 6) is 0.845. The largest absolute Gasteiger partial charge is 0.369 e. The van der Waals surface area contributed by atoms with E-state index in [9.17, 15) is 9.59 Å². The number of nitrogens with zero attached hydrogens (tertiary/aromatic N) is 3. The summed E-state index contributed by atoms with van der Waals surface area (Å²) in [6.45, 7) is 4.92. The van der Waals surface area contributed by atoms with Gasteiger partial charge in [-0.1, -0.05) is 12.8 Å². The van der Waals surface area contributed by atoms with Gasteiger partial charge in [-0.2, -0.15) is 4.98 Å². The summed E-state index contributed by atoms with van der Waals surface area (Å²) in [7, 11) is 0. The molecule has 1 saturated carbocycles. The third-order valence-corrected chi connectivity index (χ3v) is 5.01. The first-order valence-electron chi connectivity index (χ1n) is 8.69. The highest BCUT2D eigenvalue weighted by molar-refractivity contribution is 5.81. The predicted octanol–water partition coefficient (Wildman–Crippen LogP) is -0.0786. The maximum atomic E-state index is 12.4. The normalized spacial score (nSPS) is 21.0. The van der Waals surface area contributed by atoms with E-state index in [1.54, 1.807) is 0 Å². The zero-order chi connectivity index (χ0) is 17.1. The minimum absolute atomic E-state index is 0.119. The topological polar surface area (TPSA) is 107 Å². The number of carbonyl (C=O) groups is 1. The van der Waals surface area contributed by atoms with Crippen molar-refractivity contribution in [2.24, 2.45) is 0 Å². The molecule has 1 saturated heterocycles. The molecule has 8 nitrogen and oxygen atoms in total. The second-order valence-corrected chi connectivity index (χ2v) is 6.68. The highest BCUT2D eigenvalue weighted by atomic mass is 16.2. The van der Waals surface area contributed by atoms with Gasteiger partial charge in [0.25, 0.3) is 5.56 Å². The first kappa shape index (κ1) is 16.8. The van der Waals surface area contributed by atoms with Crippen molar-refractivity contribution >= 4 is 17.7 Å². The molecule has 24 heavy (non-hydrogen) atoms. The molecule has 1 amide bonds. The number of aromatic nitrogens is 2. The molecule has 1 aromatic heterocycles. The van der Waals surface area contributed by atoms with Gasteiger partial charge in [-0.3, -0.25) is 19.5 Å². The summed E-state index contributed by atoms with van der Waals surface area (Å²) < 4.78 is 0. The third kappa shape index (κ3) is 3.87. The van der Waals surface area contributed by atoms with E-state index in [2.05, 4.69) is 20.2 Å². The average Bonchev–Trinajstić information content (AvgIpc) is 3.06. The van der Waals surface area contributed by atoms with E-state index in [1.165, 1.54) is 18.9 Å². The van der Waals surface area contributed by atoms with Crippen LogP contribution in [0.4, 0.5) is 11.8 Å². The highest BCUT2D eigenvalue weighted by Crippen LogP contribution is 2.18. The summed E-state index contributed by atoms with van der Waals surface area (Å²) in [5.41, 5.74) is 5.36. The third-order valence-electron chi connectivity index (χ3n) is 5.01. The van der Waals surface area contributed by atoms with Crippen molar-refractivity contribution in [3.8, 4) is 0 Å². The molecule has 0 bridgehead atoms. The fourth-order valence-electron chi connectivity index (χ4n) is 3.52. The fraction of sp³-hybridized carbons (Fsp3) is 0.688. The molecule has 0 radical (unpaired) electrons. The number of nitrogens with one attached hydrogen (secondary N) is 2. The van der Waals surface area contributed by atoms with Gasteiger partial charge in [0.15, 0.2) is 0 Å². The van der Waals surface area contributed by atoms with Crippen LogP contribution >= 0.6 is 0 Å². The molecule has 8 heteroatoms. The second-order valence-electron chi connectivity index (χ2n) is 6.68. The lowest BCUT2D eigenvalue weighted by Gasteiger charge is -2.38. The molecule has 2 aliphatic rings. The Labute approximate surface area is 141 Å². The molecule has 1 aliphatic heterocycles. The first-order valence-corrected chi connectivity index (χ1v) is 8.69. The summed E-state index contributed by atoms with van der Waals surface area (Å²) in [6.07, 6.45) is 4.62. The van der Waals surface area contributed by atoms with Crippen LogP contribution in [0.25, 0.3) is 0 Å². The monoisotopic (exact) mass is 334 g/mol. The Balaban J connectivity index is 1.54. The van der Waals surface area contributed by atoms with Gasteiger partial charge in [0.2, 0.25) is 11.9 Å². The Kier molecular flexibility index (Phi) is 5.03. The molecule has 132 valence electrons. The van der Waals surface area contributed by atoms with E-state index in [-0.39, 0.29) is 23.5 Å². The number of nitrogen functional groups attached to an aromatic ring is 1. The number of H-pyrrole nitrogens is 1. The maximum Gasteiger partial charge on any atom is 0.254 e. The zero-order valence-corrected chi connectivity index (χ0v) is 14.1. The maximum absolute atomic E-state index is 12.4. The van der Waals surface area contributed by atoms with E-state index in [0.29, 0.717) is 11.9 Å². The highest BCUT2D eigenvalue weighted by Gasteiger charge is 2.28. The number of anilines is 2. The van der Waals surface area contributed by atoms with Crippen LogP contribution in [-0.4, -0.2) is 59.0 Å². The minimum atomic E-state index is -0.246. The van der Waals surface area contributed by atoms with Gasteiger partial charge in [-0.05, 0) is 19.8 Å². The molecule has 1 aliphatic carbocycles. The van der Waals surface area contributed by atoms with Crippen LogP contribution in [0.5, 0.6) is 0 Å². The van der Waals surface area contributed by atoms with Crippen LogP contribution in [0, 0.1) is 0 Å². The van der Waals surface area contributed by atoms with Crippen molar-refractivity contribution in [3.63, 3.8) is 0 Å². The van der Waals surface area contributed by atoms with Gasteiger partial charge in [0.1, 0.15) is 5.82 Å². The number of carbonyl (C=O) groups excluding carboxylic acids is 1. The van der Waals surface area contributed by atoms with E-state index >= 15 is 0 Å². The molecule has 0 aromatic carbocycles. The lowest BCUT2D eigenvalue weighted by atomic mass is 10.2. The molecule has 2 heterocycles.